The van der Waals surface area contributed by atoms with E-state index in [1.807, 2.05) is 13.4 Å². The first-order valence-electron chi connectivity index (χ1n) is 7.81. The Bertz CT molecular complexity index is 423. The lowest BCUT2D eigenvalue weighted by atomic mass is 9.89. The van der Waals surface area contributed by atoms with Crippen LogP contribution in [-0.2, 0) is 16.0 Å². The van der Waals surface area contributed by atoms with E-state index >= 15 is 0 Å². The Kier molecular flexibility index (Phi) is 4.95. The third kappa shape index (κ3) is 3.31. The zero-order chi connectivity index (χ0) is 14.7. The van der Waals surface area contributed by atoms with Crippen LogP contribution >= 0.6 is 0 Å². The Morgan fingerprint density at radius 2 is 2.24 bits per heavy atom. The van der Waals surface area contributed by atoms with Gasteiger partial charge >= 0.3 is 0 Å². The number of hydrogen-bond acceptors (Lipinski definition) is 5. The SMILES string of the molecule is COCCN1C[C@H]2[C@@H](C1)N(Cc1ccoc1)CC[C@H]2OC. The maximum absolute atomic E-state index is 5.74. The molecule has 0 spiro atoms. The highest BCUT2D eigenvalue weighted by Crippen LogP contribution is 2.33. The van der Waals surface area contributed by atoms with E-state index in [1.54, 1.807) is 13.4 Å². The first-order valence-corrected chi connectivity index (χ1v) is 7.81. The molecule has 1 aromatic rings. The van der Waals surface area contributed by atoms with Crippen LogP contribution in [0.4, 0.5) is 0 Å². The van der Waals surface area contributed by atoms with Crippen LogP contribution in [0.2, 0.25) is 0 Å². The van der Waals surface area contributed by atoms with E-state index in [2.05, 4.69) is 15.9 Å². The lowest BCUT2D eigenvalue weighted by Crippen LogP contribution is -2.50. The van der Waals surface area contributed by atoms with Crippen LogP contribution in [-0.4, -0.2) is 69.0 Å². The standard InChI is InChI=1S/C16H26N2O3/c1-19-8-6-17-10-14-15(11-17)18(5-3-16(14)20-2)9-13-4-7-21-12-13/h4,7,12,14-16H,3,5-6,8-11H2,1-2H3/t14-,15+,16+/m0/s1. The van der Waals surface area contributed by atoms with E-state index in [-0.39, 0.29) is 0 Å². The Morgan fingerprint density at radius 1 is 1.33 bits per heavy atom. The fourth-order valence-corrected chi connectivity index (χ4v) is 3.83. The third-order valence-electron chi connectivity index (χ3n) is 4.94. The number of nitrogens with zero attached hydrogens (tertiary/aromatic N) is 2. The summed E-state index contributed by atoms with van der Waals surface area (Å²) < 4.78 is 16.2. The van der Waals surface area contributed by atoms with Crippen LogP contribution in [0, 0.1) is 5.92 Å². The molecule has 3 heterocycles. The molecule has 0 bridgehead atoms. The van der Waals surface area contributed by atoms with Crippen molar-refractivity contribution in [2.75, 3.05) is 47.0 Å². The molecule has 0 saturated carbocycles. The quantitative estimate of drug-likeness (QED) is 0.794. The second-order valence-electron chi connectivity index (χ2n) is 6.15. The third-order valence-corrected chi connectivity index (χ3v) is 4.94. The van der Waals surface area contributed by atoms with Crippen molar-refractivity contribution < 1.29 is 13.9 Å². The van der Waals surface area contributed by atoms with Crippen LogP contribution in [0.5, 0.6) is 0 Å². The molecule has 1 aromatic heterocycles. The van der Waals surface area contributed by atoms with Gasteiger partial charge in [-0.1, -0.05) is 0 Å². The molecule has 0 aliphatic carbocycles. The summed E-state index contributed by atoms with van der Waals surface area (Å²) in [6, 6.07) is 2.64. The van der Waals surface area contributed by atoms with Crippen LogP contribution in [0.15, 0.2) is 23.0 Å². The van der Waals surface area contributed by atoms with Crippen molar-refractivity contribution in [3.05, 3.63) is 24.2 Å². The molecule has 5 heteroatoms. The van der Waals surface area contributed by atoms with E-state index in [4.69, 9.17) is 13.9 Å². The molecule has 118 valence electrons. The summed E-state index contributed by atoms with van der Waals surface area (Å²) in [4.78, 5) is 5.11. The van der Waals surface area contributed by atoms with Crippen LogP contribution in [0.1, 0.15) is 12.0 Å². The van der Waals surface area contributed by atoms with Gasteiger partial charge in [-0.15, -0.1) is 0 Å². The summed E-state index contributed by atoms with van der Waals surface area (Å²) in [6.45, 7) is 6.13. The molecule has 2 aliphatic heterocycles. The van der Waals surface area contributed by atoms with Gasteiger partial charge in [0.1, 0.15) is 0 Å². The number of fused-ring (bicyclic) bond motifs is 1. The number of furan rings is 1. The molecule has 3 atom stereocenters. The van der Waals surface area contributed by atoms with Gasteiger partial charge in [0.25, 0.3) is 0 Å². The van der Waals surface area contributed by atoms with Gasteiger partial charge in [-0.2, -0.15) is 0 Å². The van der Waals surface area contributed by atoms with Crippen molar-refractivity contribution in [2.45, 2.75) is 25.1 Å². The first-order chi connectivity index (χ1) is 10.3. The van der Waals surface area contributed by atoms with Crippen molar-refractivity contribution in [3.8, 4) is 0 Å². The predicted molar refractivity (Wildman–Crippen MR) is 80.1 cm³/mol. The Hall–Kier alpha value is -0.880. The van der Waals surface area contributed by atoms with E-state index in [0.29, 0.717) is 18.1 Å². The largest absolute Gasteiger partial charge is 0.472 e. The second kappa shape index (κ2) is 6.92. The number of ether oxygens (including phenoxy) is 2. The first kappa shape index (κ1) is 15.0. The van der Waals surface area contributed by atoms with Crippen LogP contribution in [0.25, 0.3) is 0 Å². The lowest BCUT2D eigenvalue weighted by Gasteiger charge is -2.41. The number of methoxy groups -OCH3 is 2. The molecule has 21 heavy (non-hydrogen) atoms. The summed E-state index contributed by atoms with van der Waals surface area (Å²) >= 11 is 0. The van der Waals surface area contributed by atoms with E-state index < -0.39 is 0 Å². The molecule has 2 saturated heterocycles. The number of piperidine rings is 1. The summed E-state index contributed by atoms with van der Waals surface area (Å²) in [6.07, 6.45) is 5.12. The molecule has 0 N–H and O–H groups in total. The smallest absolute Gasteiger partial charge is 0.0947 e. The van der Waals surface area contributed by atoms with Gasteiger partial charge in [-0.25, -0.2) is 0 Å². The van der Waals surface area contributed by atoms with Crippen molar-refractivity contribution in [3.63, 3.8) is 0 Å². The minimum Gasteiger partial charge on any atom is -0.472 e. The second-order valence-corrected chi connectivity index (χ2v) is 6.15. The van der Waals surface area contributed by atoms with Gasteiger partial charge < -0.3 is 13.9 Å². The summed E-state index contributed by atoms with van der Waals surface area (Å²) in [7, 11) is 3.62. The minimum atomic E-state index is 0.392. The normalized spacial score (nSPS) is 30.7. The van der Waals surface area contributed by atoms with Gasteiger partial charge in [0.15, 0.2) is 0 Å². The maximum Gasteiger partial charge on any atom is 0.0947 e. The van der Waals surface area contributed by atoms with Gasteiger partial charge in [0.2, 0.25) is 0 Å². The van der Waals surface area contributed by atoms with Crippen LogP contribution in [0.3, 0.4) is 0 Å². The van der Waals surface area contributed by atoms with Gasteiger partial charge in [-0.3, -0.25) is 9.80 Å². The Labute approximate surface area is 126 Å². The highest BCUT2D eigenvalue weighted by atomic mass is 16.5. The molecule has 5 nitrogen and oxygen atoms in total. The molecule has 3 rings (SSSR count). The van der Waals surface area contributed by atoms with Crippen molar-refractivity contribution >= 4 is 0 Å². The molecule has 0 unspecified atom stereocenters. The molecule has 2 fully saturated rings. The monoisotopic (exact) mass is 294 g/mol. The van der Waals surface area contributed by atoms with E-state index in [1.165, 1.54) is 5.56 Å². The highest BCUT2D eigenvalue weighted by molar-refractivity contribution is 5.07. The Morgan fingerprint density at radius 3 is 2.95 bits per heavy atom. The van der Waals surface area contributed by atoms with Crippen LogP contribution < -0.4 is 0 Å². The van der Waals surface area contributed by atoms with Gasteiger partial charge in [-0.05, 0) is 12.5 Å². The lowest BCUT2D eigenvalue weighted by molar-refractivity contribution is -0.0245. The molecule has 2 aliphatic rings. The van der Waals surface area contributed by atoms with Gasteiger partial charge in [0, 0.05) is 64.5 Å². The molecule has 0 radical (unpaired) electrons. The van der Waals surface area contributed by atoms with Crippen molar-refractivity contribution in [1.82, 2.24) is 9.80 Å². The zero-order valence-electron chi connectivity index (χ0n) is 13.0. The fraction of sp³-hybridized carbons (Fsp3) is 0.750. The van der Waals surface area contributed by atoms with Gasteiger partial charge in [0.05, 0.1) is 25.2 Å². The average Bonchev–Trinajstić information content (AvgIpc) is 3.14. The predicted octanol–water partition coefficient (Wildman–Crippen LogP) is 1.45. The molecule has 0 aromatic carbocycles. The average molecular weight is 294 g/mol. The zero-order valence-corrected chi connectivity index (χ0v) is 13.0. The van der Waals surface area contributed by atoms with E-state index in [0.717, 1.165) is 45.8 Å². The minimum absolute atomic E-state index is 0.392. The molecular formula is C16H26N2O3. The van der Waals surface area contributed by atoms with E-state index in [9.17, 15) is 0 Å². The number of rotatable bonds is 6. The van der Waals surface area contributed by atoms with Crippen molar-refractivity contribution in [2.24, 2.45) is 5.92 Å². The molecule has 0 amide bonds. The molecular weight excluding hydrogens is 268 g/mol. The summed E-state index contributed by atoms with van der Waals surface area (Å²) in [5, 5.41) is 0. The number of likely N-dealkylation sites (tertiary alicyclic amines) is 2. The highest BCUT2D eigenvalue weighted by Gasteiger charge is 2.44. The maximum atomic E-state index is 5.74. The number of hydrogen-bond donors (Lipinski definition) is 0. The summed E-state index contributed by atoms with van der Waals surface area (Å²) in [5.74, 6) is 0.604. The topological polar surface area (TPSA) is 38.1 Å². The summed E-state index contributed by atoms with van der Waals surface area (Å²) in [5.41, 5.74) is 1.26. The fourth-order valence-electron chi connectivity index (χ4n) is 3.83. The Balaban J connectivity index is 1.66. The van der Waals surface area contributed by atoms with Crippen molar-refractivity contribution in [1.29, 1.82) is 0 Å².